The van der Waals surface area contributed by atoms with Crippen molar-refractivity contribution in [2.45, 2.75) is 19.4 Å². The number of nitrogens with one attached hydrogen (secondary N) is 2. The molecular formula is C19H17F2N3O3. The Labute approximate surface area is 154 Å². The second kappa shape index (κ2) is 6.79. The topological polar surface area (TPSA) is 78.5 Å². The van der Waals surface area contributed by atoms with Gasteiger partial charge in [-0.2, -0.15) is 0 Å². The number of rotatable bonds is 4. The number of imide groups is 1. The Morgan fingerprint density at radius 3 is 2.37 bits per heavy atom. The van der Waals surface area contributed by atoms with Crippen LogP contribution in [0, 0.1) is 18.6 Å². The normalized spacial score (nSPS) is 19.2. The summed E-state index contributed by atoms with van der Waals surface area (Å²) in [5.41, 5.74) is -0.0948. The van der Waals surface area contributed by atoms with Gasteiger partial charge in [0.05, 0.1) is 0 Å². The van der Waals surface area contributed by atoms with E-state index in [0.29, 0.717) is 16.8 Å². The predicted molar refractivity (Wildman–Crippen MR) is 93.8 cm³/mol. The third-order valence-corrected chi connectivity index (χ3v) is 4.46. The van der Waals surface area contributed by atoms with Crippen LogP contribution < -0.4 is 10.6 Å². The van der Waals surface area contributed by atoms with E-state index in [4.69, 9.17) is 0 Å². The van der Waals surface area contributed by atoms with E-state index in [-0.39, 0.29) is 0 Å². The van der Waals surface area contributed by atoms with Crippen LogP contribution in [0.2, 0.25) is 0 Å². The molecule has 0 bridgehead atoms. The summed E-state index contributed by atoms with van der Waals surface area (Å²) in [7, 11) is 0. The van der Waals surface area contributed by atoms with E-state index in [1.165, 1.54) is 49.4 Å². The zero-order valence-electron chi connectivity index (χ0n) is 14.7. The highest BCUT2D eigenvalue weighted by atomic mass is 19.1. The second-order valence-corrected chi connectivity index (χ2v) is 6.46. The van der Waals surface area contributed by atoms with Crippen molar-refractivity contribution in [1.82, 2.24) is 10.2 Å². The van der Waals surface area contributed by atoms with Gasteiger partial charge in [-0.25, -0.2) is 13.6 Å². The molecular weight excluding hydrogens is 356 g/mol. The van der Waals surface area contributed by atoms with Gasteiger partial charge in [-0.15, -0.1) is 0 Å². The quantitative estimate of drug-likeness (QED) is 0.809. The fourth-order valence-corrected chi connectivity index (χ4v) is 2.92. The molecule has 0 saturated carbocycles. The summed E-state index contributed by atoms with van der Waals surface area (Å²) in [5.74, 6) is -2.12. The molecule has 1 atom stereocenters. The number of urea groups is 1. The van der Waals surface area contributed by atoms with Crippen molar-refractivity contribution in [3.63, 3.8) is 0 Å². The standard InChI is InChI=1S/C19H17F2N3O3/c1-11-9-14(21)7-8-15(11)22-16(25)10-24-17(26)19(2,23-18(24)27)12-3-5-13(20)6-4-12/h3-9H,10H2,1-2H3,(H,22,25)(H,23,27). The lowest BCUT2D eigenvalue weighted by atomic mass is 9.92. The van der Waals surface area contributed by atoms with Crippen LogP contribution >= 0.6 is 0 Å². The number of hydrogen-bond donors (Lipinski definition) is 2. The van der Waals surface area contributed by atoms with Crippen LogP contribution in [0.15, 0.2) is 42.5 Å². The molecule has 8 heteroatoms. The zero-order chi connectivity index (χ0) is 19.8. The first-order valence-electron chi connectivity index (χ1n) is 8.17. The van der Waals surface area contributed by atoms with Gasteiger partial charge in [0, 0.05) is 5.69 Å². The fourth-order valence-electron chi connectivity index (χ4n) is 2.92. The van der Waals surface area contributed by atoms with Gasteiger partial charge in [0.1, 0.15) is 23.7 Å². The second-order valence-electron chi connectivity index (χ2n) is 6.46. The number of halogens is 2. The van der Waals surface area contributed by atoms with Gasteiger partial charge in [0.25, 0.3) is 5.91 Å². The molecule has 1 unspecified atom stereocenters. The van der Waals surface area contributed by atoms with Crippen molar-refractivity contribution in [2.75, 3.05) is 11.9 Å². The Bertz CT molecular complexity index is 930. The van der Waals surface area contributed by atoms with Crippen LogP contribution in [0.1, 0.15) is 18.1 Å². The van der Waals surface area contributed by atoms with Crippen molar-refractivity contribution < 1.29 is 23.2 Å². The minimum Gasteiger partial charge on any atom is -0.324 e. The highest BCUT2D eigenvalue weighted by molar-refractivity contribution is 6.10. The Morgan fingerprint density at radius 1 is 1.11 bits per heavy atom. The minimum absolute atomic E-state index is 0.384. The molecule has 0 aliphatic carbocycles. The summed E-state index contributed by atoms with van der Waals surface area (Å²) in [6.07, 6.45) is 0. The monoisotopic (exact) mass is 373 g/mol. The van der Waals surface area contributed by atoms with Crippen LogP contribution in [0.25, 0.3) is 0 Å². The van der Waals surface area contributed by atoms with Crippen LogP contribution in [0.3, 0.4) is 0 Å². The molecule has 1 aliphatic heterocycles. The minimum atomic E-state index is -1.39. The maximum atomic E-state index is 13.1. The summed E-state index contributed by atoms with van der Waals surface area (Å²) >= 11 is 0. The lowest BCUT2D eigenvalue weighted by Gasteiger charge is -2.22. The molecule has 2 aromatic rings. The number of carbonyl (C=O) groups excluding carboxylic acids is 3. The molecule has 140 valence electrons. The van der Waals surface area contributed by atoms with E-state index < -0.39 is 41.6 Å². The molecule has 0 aromatic heterocycles. The maximum absolute atomic E-state index is 13.1. The first-order valence-corrected chi connectivity index (χ1v) is 8.17. The van der Waals surface area contributed by atoms with Crippen molar-refractivity contribution in [3.05, 3.63) is 65.2 Å². The largest absolute Gasteiger partial charge is 0.325 e. The first kappa shape index (κ1) is 18.5. The summed E-state index contributed by atoms with van der Waals surface area (Å²) in [4.78, 5) is 38.0. The average molecular weight is 373 g/mol. The van der Waals surface area contributed by atoms with Crippen LogP contribution in [0.5, 0.6) is 0 Å². The zero-order valence-corrected chi connectivity index (χ0v) is 14.7. The molecule has 1 aliphatic rings. The Kier molecular flexibility index (Phi) is 4.65. The SMILES string of the molecule is Cc1cc(F)ccc1NC(=O)CN1C(=O)NC(C)(c2ccc(F)cc2)C1=O. The van der Waals surface area contributed by atoms with Gasteiger partial charge in [0.2, 0.25) is 5.91 Å². The van der Waals surface area contributed by atoms with Gasteiger partial charge < -0.3 is 10.6 Å². The molecule has 2 aromatic carbocycles. The van der Waals surface area contributed by atoms with Crippen molar-refractivity contribution in [2.24, 2.45) is 0 Å². The Balaban J connectivity index is 1.75. The number of anilines is 1. The molecule has 6 nitrogen and oxygen atoms in total. The number of aryl methyl sites for hydroxylation is 1. The highest BCUT2D eigenvalue weighted by Gasteiger charge is 2.49. The average Bonchev–Trinajstić information content (AvgIpc) is 2.82. The lowest BCUT2D eigenvalue weighted by Crippen LogP contribution is -2.42. The summed E-state index contributed by atoms with van der Waals surface area (Å²) in [5, 5.41) is 5.09. The van der Waals surface area contributed by atoms with Crippen molar-refractivity contribution in [3.8, 4) is 0 Å². The fraction of sp³-hybridized carbons (Fsp3) is 0.211. The molecule has 4 amide bonds. The van der Waals surface area contributed by atoms with Gasteiger partial charge in [-0.3, -0.25) is 14.5 Å². The predicted octanol–water partition coefficient (Wildman–Crippen LogP) is 2.68. The highest BCUT2D eigenvalue weighted by Crippen LogP contribution is 2.29. The molecule has 0 radical (unpaired) electrons. The Morgan fingerprint density at radius 2 is 1.74 bits per heavy atom. The van der Waals surface area contributed by atoms with Crippen LogP contribution in [-0.2, 0) is 15.1 Å². The van der Waals surface area contributed by atoms with E-state index in [1.54, 1.807) is 6.92 Å². The van der Waals surface area contributed by atoms with E-state index >= 15 is 0 Å². The summed E-state index contributed by atoms with van der Waals surface area (Å²) in [6.45, 7) is 2.61. The van der Waals surface area contributed by atoms with E-state index in [1.807, 2.05) is 0 Å². The molecule has 27 heavy (non-hydrogen) atoms. The molecule has 1 heterocycles. The molecule has 1 saturated heterocycles. The number of amides is 4. The lowest BCUT2D eigenvalue weighted by molar-refractivity contribution is -0.133. The van der Waals surface area contributed by atoms with E-state index in [9.17, 15) is 23.2 Å². The summed E-state index contributed by atoms with van der Waals surface area (Å²) in [6, 6.07) is 8.31. The Hall–Kier alpha value is -3.29. The third-order valence-electron chi connectivity index (χ3n) is 4.46. The van der Waals surface area contributed by atoms with Crippen LogP contribution in [0.4, 0.5) is 19.3 Å². The number of nitrogens with zero attached hydrogens (tertiary/aromatic N) is 1. The maximum Gasteiger partial charge on any atom is 0.325 e. The van der Waals surface area contributed by atoms with E-state index in [0.717, 1.165) is 4.90 Å². The van der Waals surface area contributed by atoms with Gasteiger partial charge in [-0.05, 0) is 55.3 Å². The van der Waals surface area contributed by atoms with Crippen molar-refractivity contribution in [1.29, 1.82) is 0 Å². The molecule has 0 spiro atoms. The van der Waals surface area contributed by atoms with Crippen LogP contribution in [-0.4, -0.2) is 29.3 Å². The van der Waals surface area contributed by atoms with Crippen molar-refractivity contribution >= 4 is 23.5 Å². The number of hydrogen-bond acceptors (Lipinski definition) is 3. The summed E-state index contributed by atoms with van der Waals surface area (Å²) < 4.78 is 26.3. The van der Waals surface area contributed by atoms with Gasteiger partial charge >= 0.3 is 6.03 Å². The first-order chi connectivity index (χ1) is 12.7. The molecule has 3 rings (SSSR count). The molecule has 2 N–H and O–H groups in total. The van der Waals surface area contributed by atoms with Gasteiger partial charge in [0.15, 0.2) is 0 Å². The smallest absolute Gasteiger partial charge is 0.324 e. The van der Waals surface area contributed by atoms with Gasteiger partial charge in [-0.1, -0.05) is 12.1 Å². The number of carbonyl (C=O) groups is 3. The van der Waals surface area contributed by atoms with E-state index in [2.05, 4.69) is 10.6 Å². The molecule has 1 fully saturated rings. The number of benzene rings is 2. The third kappa shape index (κ3) is 3.51.